The summed E-state index contributed by atoms with van der Waals surface area (Å²) < 4.78 is 2.26. The summed E-state index contributed by atoms with van der Waals surface area (Å²) in [5.41, 5.74) is 0.960. The van der Waals surface area contributed by atoms with Crippen molar-refractivity contribution in [3.63, 3.8) is 0 Å². The van der Waals surface area contributed by atoms with Crippen LogP contribution >= 0.6 is 0 Å². The molecule has 1 fully saturated rings. The quantitative estimate of drug-likeness (QED) is 0.597. The van der Waals surface area contributed by atoms with Crippen molar-refractivity contribution < 1.29 is 4.79 Å². The zero-order chi connectivity index (χ0) is 23.5. The maximum absolute atomic E-state index is 13.3. The molecule has 0 atom stereocenters. The van der Waals surface area contributed by atoms with Crippen molar-refractivity contribution >= 4 is 5.91 Å². The minimum Gasteiger partial charge on any atom is -0.335 e. The lowest BCUT2D eigenvalue weighted by atomic mass is 10.0. The zero-order valence-electron chi connectivity index (χ0n) is 19.3. The molecule has 8 nitrogen and oxygen atoms in total. The standard InChI is InChI=1S/C25H29N5O3/c1-18(2)20-9-11-21(12-10-20)30-25(33)29(17-19-7-5-4-6-8-19)24(32)22(26-30)23(31)28-15-13-27(3)14-16-28/h4-12,18H,13-17H2,1-3H3. The molecule has 0 spiro atoms. The first-order valence-electron chi connectivity index (χ1n) is 11.2. The number of hydrogen-bond donors (Lipinski definition) is 0. The van der Waals surface area contributed by atoms with E-state index >= 15 is 0 Å². The van der Waals surface area contributed by atoms with E-state index in [9.17, 15) is 14.4 Å². The molecule has 1 saturated heterocycles. The molecule has 8 heteroatoms. The lowest BCUT2D eigenvalue weighted by molar-refractivity contribution is 0.0652. The molecule has 1 aliphatic rings. The van der Waals surface area contributed by atoms with Crippen molar-refractivity contribution in [2.75, 3.05) is 33.2 Å². The molecule has 0 aliphatic carbocycles. The number of carbonyl (C=O) groups is 1. The first kappa shape index (κ1) is 22.7. The second kappa shape index (κ2) is 9.54. The van der Waals surface area contributed by atoms with Crippen molar-refractivity contribution in [1.82, 2.24) is 24.1 Å². The second-order valence-corrected chi connectivity index (χ2v) is 8.76. The van der Waals surface area contributed by atoms with Crippen molar-refractivity contribution in [1.29, 1.82) is 0 Å². The van der Waals surface area contributed by atoms with Gasteiger partial charge in [-0.15, -0.1) is 0 Å². The highest BCUT2D eigenvalue weighted by Gasteiger charge is 2.27. The van der Waals surface area contributed by atoms with Crippen molar-refractivity contribution in [2.24, 2.45) is 0 Å². The van der Waals surface area contributed by atoms with Crippen LogP contribution in [0.2, 0.25) is 0 Å². The fraction of sp³-hybridized carbons (Fsp3) is 0.360. The lowest BCUT2D eigenvalue weighted by Gasteiger charge is -2.32. The van der Waals surface area contributed by atoms with Crippen LogP contribution in [0.3, 0.4) is 0 Å². The van der Waals surface area contributed by atoms with Crippen molar-refractivity contribution in [3.8, 4) is 5.69 Å². The van der Waals surface area contributed by atoms with Crippen LogP contribution in [0.1, 0.15) is 41.4 Å². The molecule has 1 aliphatic heterocycles. The highest BCUT2D eigenvalue weighted by molar-refractivity contribution is 5.92. The third kappa shape index (κ3) is 4.80. The van der Waals surface area contributed by atoms with Gasteiger partial charge in [0.05, 0.1) is 12.2 Å². The molecule has 4 rings (SSSR count). The molecule has 3 aromatic rings. The van der Waals surface area contributed by atoms with Crippen LogP contribution in [-0.2, 0) is 6.54 Å². The summed E-state index contributed by atoms with van der Waals surface area (Å²) in [6.07, 6.45) is 0. The van der Waals surface area contributed by atoms with E-state index in [4.69, 9.17) is 0 Å². The van der Waals surface area contributed by atoms with Crippen LogP contribution in [0, 0.1) is 0 Å². The van der Waals surface area contributed by atoms with Crippen molar-refractivity contribution in [2.45, 2.75) is 26.3 Å². The summed E-state index contributed by atoms with van der Waals surface area (Å²) in [6.45, 7) is 6.71. The Kier molecular flexibility index (Phi) is 6.55. The maximum Gasteiger partial charge on any atom is 0.352 e. The third-order valence-corrected chi connectivity index (χ3v) is 6.04. The summed E-state index contributed by atoms with van der Waals surface area (Å²) in [4.78, 5) is 43.7. The minimum atomic E-state index is -0.664. The highest BCUT2D eigenvalue weighted by atomic mass is 16.2. The van der Waals surface area contributed by atoms with Gasteiger partial charge in [-0.2, -0.15) is 9.78 Å². The Morgan fingerprint density at radius 1 is 0.939 bits per heavy atom. The third-order valence-electron chi connectivity index (χ3n) is 6.04. The van der Waals surface area contributed by atoms with Gasteiger partial charge in [-0.3, -0.25) is 14.2 Å². The van der Waals surface area contributed by atoms with Crippen LogP contribution in [0.25, 0.3) is 5.69 Å². The van der Waals surface area contributed by atoms with E-state index in [1.165, 1.54) is 0 Å². The molecule has 0 unspecified atom stereocenters. The van der Waals surface area contributed by atoms with Gasteiger partial charge in [0.25, 0.3) is 11.5 Å². The number of aromatic nitrogens is 3. The Hall–Kier alpha value is -3.52. The Bertz CT molecular complexity index is 1240. The number of piperazine rings is 1. The predicted octanol–water partition coefficient (Wildman–Crippen LogP) is 1.95. The fourth-order valence-corrected chi connectivity index (χ4v) is 3.88. The van der Waals surface area contributed by atoms with Crippen LogP contribution in [0.5, 0.6) is 0 Å². The SMILES string of the molecule is CC(C)c1ccc(-n2nc(C(=O)N3CCN(C)CC3)c(=O)n(Cc3ccccc3)c2=O)cc1. The van der Waals surface area contributed by atoms with E-state index in [0.717, 1.165) is 33.5 Å². The van der Waals surface area contributed by atoms with Gasteiger partial charge >= 0.3 is 5.69 Å². The molecule has 2 heterocycles. The first-order valence-corrected chi connectivity index (χ1v) is 11.2. The molecule has 172 valence electrons. The number of likely N-dealkylation sites (N-methyl/N-ethyl adjacent to an activating group) is 1. The van der Waals surface area contributed by atoms with Gasteiger partial charge < -0.3 is 9.80 Å². The molecule has 1 amide bonds. The maximum atomic E-state index is 13.3. The zero-order valence-corrected chi connectivity index (χ0v) is 19.3. The van der Waals surface area contributed by atoms with Crippen LogP contribution in [-0.4, -0.2) is 63.3 Å². The van der Waals surface area contributed by atoms with E-state index < -0.39 is 17.2 Å². The van der Waals surface area contributed by atoms with Crippen LogP contribution in [0.15, 0.2) is 64.2 Å². The second-order valence-electron chi connectivity index (χ2n) is 8.76. The Labute approximate surface area is 192 Å². The van der Waals surface area contributed by atoms with Crippen LogP contribution < -0.4 is 11.2 Å². The van der Waals surface area contributed by atoms with Gasteiger partial charge in [-0.05, 0) is 36.2 Å². The van der Waals surface area contributed by atoms with Gasteiger partial charge in [0.2, 0.25) is 5.69 Å². The molecular formula is C25H29N5O3. The number of carbonyl (C=O) groups excluding carboxylic acids is 1. The summed E-state index contributed by atoms with van der Waals surface area (Å²) in [7, 11) is 1.99. The first-order chi connectivity index (χ1) is 15.8. The Balaban J connectivity index is 1.82. The lowest BCUT2D eigenvalue weighted by Crippen LogP contribution is -2.51. The number of rotatable bonds is 5. The van der Waals surface area contributed by atoms with E-state index in [1.54, 1.807) is 17.0 Å². The summed E-state index contributed by atoms with van der Waals surface area (Å²) >= 11 is 0. The van der Waals surface area contributed by atoms with E-state index in [1.807, 2.05) is 49.5 Å². The number of amides is 1. The summed E-state index contributed by atoms with van der Waals surface area (Å²) in [6, 6.07) is 16.7. The Morgan fingerprint density at radius 3 is 2.18 bits per heavy atom. The molecular weight excluding hydrogens is 418 g/mol. The van der Waals surface area contributed by atoms with Gasteiger partial charge in [0, 0.05) is 26.2 Å². The van der Waals surface area contributed by atoms with Crippen molar-refractivity contribution in [3.05, 3.63) is 92.3 Å². The molecule has 0 radical (unpaired) electrons. The number of hydrogen-bond acceptors (Lipinski definition) is 5. The van der Waals surface area contributed by atoms with Gasteiger partial charge in [-0.25, -0.2) is 4.79 Å². The average molecular weight is 448 g/mol. The summed E-state index contributed by atoms with van der Waals surface area (Å²) in [5, 5.41) is 4.28. The minimum absolute atomic E-state index is 0.0636. The monoisotopic (exact) mass is 447 g/mol. The molecule has 33 heavy (non-hydrogen) atoms. The fourth-order valence-electron chi connectivity index (χ4n) is 3.88. The Morgan fingerprint density at radius 2 is 1.58 bits per heavy atom. The highest BCUT2D eigenvalue weighted by Crippen LogP contribution is 2.16. The molecule has 1 aromatic heterocycles. The van der Waals surface area contributed by atoms with E-state index in [-0.39, 0.29) is 12.2 Å². The average Bonchev–Trinajstić information content (AvgIpc) is 2.83. The predicted molar refractivity (Wildman–Crippen MR) is 127 cm³/mol. The molecule has 2 aromatic carbocycles. The van der Waals surface area contributed by atoms with Gasteiger partial charge in [0.1, 0.15) is 0 Å². The smallest absolute Gasteiger partial charge is 0.335 e. The van der Waals surface area contributed by atoms with E-state index in [0.29, 0.717) is 24.7 Å². The normalized spacial score (nSPS) is 14.6. The van der Waals surface area contributed by atoms with E-state index in [2.05, 4.69) is 23.8 Å². The number of benzene rings is 2. The van der Waals surface area contributed by atoms with Crippen LogP contribution in [0.4, 0.5) is 0 Å². The number of nitrogens with zero attached hydrogens (tertiary/aromatic N) is 5. The molecule has 0 saturated carbocycles. The summed E-state index contributed by atoms with van der Waals surface area (Å²) in [5.74, 6) is -0.104. The molecule has 0 bridgehead atoms. The topological polar surface area (TPSA) is 80.4 Å². The van der Waals surface area contributed by atoms with Gasteiger partial charge in [-0.1, -0.05) is 56.3 Å². The molecule has 0 N–H and O–H groups in total. The largest absolute Gasteiger partial charge is 0.352 e. The van der Waals surface area contributed by atoms with Gasteiger partial charge in [0.15, 0.2) is 0 Å².